The molecule has 1 heterocycles. The monoisotopic (exact) mass is 473 g/mol. The SMILES string of the molecule is C=C(CC)Cc1ccc(N/C(=N\OC)C(C)C2CCC(c3ccnc4ccc(F)cc34)CC2)cc1. The number of allylic oxidation sites excluding steroid dienone is 1. The van der Waals surface area contributed by atoms with Crippen molar-refractivity contribution in [2.75, 3.05) is 12.4 Å². The molecule has 4 rings (SSSR count). The summed E-state index contributed by atoms with van der Waals surface area (Å²) in [5.74, 6) is 1.82. The van der Waals surface area contributed by atoms with E-state index in [0.717, 1.165) is 61.0 Å². The minimum atomic E-state index is -0.205. The quantitative estimate of drug-likeness (QED) is 0.157. The molecule has 4 nitrogen and oxygen atoms in total. The first-order chi connectivity index (χ1) is 17.0. The van der Waals surface area contributed by atoms with Crippen LogP contribution in [0.4, 0.5) is 10.1 Å². The number of aromatic nitrogens is 1. The van der Waals surface area contributed by atoms with Crippen LogP contribution in [0.1, 0.15) is 63.0 Å². The predicted molar refractivity (Wildman–Crippen MR) is 143 cm³/mol. The Hall–Kier alpha value is -3.21. The van der Waals surface area contributed by atoms with E-state index in [-0.39, 0.29) is 11.7 Å². The van der Waals surface area contributed by atoms with E-state index in [1.54, 1.807) is 19.2 Å². The minimum Gasteiger partial charge on any atom is -0.398 e. The van der Waals surface area contributed by atoms with Crippen LogP contribution in [0, 0.1) is 17.7 Å². The highest BCUT2D eigenvalue weighted by Crippen LogP contribution is 2.41. The maximum atomic E-state index is 13.9. The molecule has 2 aromatic carbocycles. The number of benzene rings is 2. The van der Waals surface area contributed by atoms with E-state index >= 15 is 0 Å². The number of anilines is 1. The summed E-state index contributed by atoms with van der Waals surface area (Å²) in [6.45, 7) is 8.48. The normalized spacial score (nSPS) is 19.4. The van der Waals surface area contributed by atoms with Gasteiger partial charge < -0.3 is 10.2 Å². The number of rotatable bonds is 8. The lowest BCUT2D eigenvalue weighted by molar-refractivity contribution is 0.206. The Balaban J connectivity index is 1.41. The molecule has 3 aromatic rings. The smallest absolute Gasteiger partial charge is 0.149 e. The fraction of sp³-hybridized carbons (Fsp3) is 0.400. The molecule has 1 aliphatic carbocycles. The van der Waals surface area contributed by atoms with E-state index in [2.05, 4.69) is 66.2 Å². The summed E-state index contributed by atoms with van der Waals surface area (Å²) in [4.78, 5) is 9.62. The average Bonchev–Trinajstić information content (AvgIpc) is 2.88. The van der Waals surface area contributed by atoms with Crippen molar-refractivity contribution in [2.45, 2.75) is 58.3 Å². The van der Waals surface area contributed by atoms with Crippen LogP contribution in [-0.2, 0) is 11.3 Å². The molecule has 0 saturated heterocycles. The van der Waals surface area contributed by atoms with Crippen LogP contribution in [0.3, 0.4) is 0 Å². The van der Waals surface area contributed by atoms with Crippen LogP contribution >= 0.6 is 0 Å². The van der Waals surface area contributed by atoms with Gasteiger partial charge in [-0.1, -0.05) is 43.3 Å². The van der Waals surface area contributed by atoms with E-state index in [0.29, 0.717) is 11.8 Å². The molecule has 1 aliphatic rings. The van der Waals surface area contributed by atoms with Crippen molar-refractivity contribution in [3.05, 3.63) is 83.8 Å². The third kappa shape index (κ3) is 6.08. The summed E-state index contributed by atoms with van der Waals surface area (Å²) >= 11 is 0. The summed E-state index contributed by atoms with van der Waals surface area (Å²) in [6.07, 6.45) is 8.08. The van der Waals surface area contributed by atoms with Crippen LogP contribution in [0.25, 0.3) is 10.9 Å². The van der Waals surface area contributed by atoms with Crippen molar-refractivity contribution in [1.29, 1.82) is 0 Å². The maximum absolute atomic E-state index is 13.9. The van der Waals surface area contributed by atoms with Gasteiger partial charge in [-0.3, -0.25) is 4.98 Å². The Morgan fingerprint density at radius 3 is 2.57 bits per heavy atom. The standard InChI is InChI=1S/C30H36FN3O/c1-5-20(2)18-22-6-13-26(14-7-22)33-30(34-35-4)21(3)23-8-10-24(11-9-23)27-16-17-32-29-15-12-25(31)19-28(27)29/h6-7,12-17,19,21,23-24H,2,5,8-11,18H2,1,3-4H3,(H,33,34). The first kappa shape index (κ1) is 24.9. The lowest BCUT2D eigenvalue weighted by Crippen LogP contribution is -2.30. The summed E-state index contributed by atoms with van der Waals surface area (Å²) in [7, 11) is 1.60. The van der Waals surface area contributed by atoms with Crippen LogP contribution in [0.2, 0.25) is 0 Å². The summed E-state index contributed by atoms with van der Waals surface area (Å²) in [5, 5.41) is 8.79. The van der Waals surface area contributed by atoms with Gasteiger partial charge >= 0.3 is 0 Å². The number of halogens is 1. The molecule has 1 atom stereocenters. The van der Waals surface area contributed by atoms with Crippen molar-refractivity contribution in [2.24, 2.45) is 17.0 Å². The molecular formula is C30H36FN3O. The highest BCUT2D eigenvalue weighted by Gasteiger charge is 2.30. The van der Waals surface area contributed by atoms with Crippen LogP contribution in [0.15, 0.2) is 72.0 Å². The molecule has 1 saturated carbocycles. The van der Waals surface area contributed by atoms with Gasteiger partial charge in [-0.15, -0.1) is 0 Å². The number of fused-ring (bicyclic) bond motifs is 1. The fourth-order valence-electron chi connectivity index (χ4n) is 5.23. The van der Waals surface area contributed by atoms with E-state index < -0.39 is 0 Å². The third-order valence-electron chi connectivity index (χ3n) is 7.46. The third-order valence-corrected chi connectivity index (χ3v) is 7.46. The number of amidine groups is 1. The van der Waals surface area contributed by atoms with Crippen LogP contribution < -0.4 is 5.32 Å². The lowest BCUT2D eigenvalue weighted by Gasteiger charge is -2.33. The van der Waals surface area contributed by atoms with Gasteiger partial charge in [0.15, 0.2) is 0 Å². The molecule has 0 aliphatic heterocycles. The second-order valence-corrected chi connectivity index (χ2v) is 9.72. The zero-order valence-electron chi connectivity index (χ0n) is 21.1. The number of oxime groups is 1. The van der Waals surface area contributed by atoms with Crippen molar-refractivity contribution in [1.82, 2.24) is 4.98 Å². The van der Waals surface area contributed by atoms with Gasteiger partial charge in [-0.2, -0.15) is 0 Å². The zero-order chi connectivity index (χ0) is 24.8. The largest absolute Gasteiger partial charge is 0.398 e. The van der Waals surface area contributed by atoms with Gasteiger partial charge in [-0.05, 0) is 97.9 Å². The average molecular weight is 474 g/mol. The molecule has 0 spiro atoms. The number of nitrogens with zero attached hydrogens (tertiary/aromatic N) is 2. The summed E-state index contributed by atoms with van der Waals surface area (Å²) in [5.41, 5.74) is 5.60. The topological polar surface area (TPSA) is 46.5 Å². The zero-order valence-corrected chi connectivity index (χ0v) is 21.1. The molecule has 1 unspecified atom stereocenters. The molecule has 0 bridgehead atoms. The van der Waals surface area contributed by atoms with Gasteiger partial charge in [0, 0.05) is 23.2 Å². The van der Waals surface area contributed by atoms with E-state index in [4.69, 9.17) is 4.84 Å². The van der Waals surface area contributed by atoms with Crippen molar-refractivity contribution >= 4 is 22.4 Å². The summed E-state index contributed by atoms with van der Waals surface area (Å²) in [6, 6.07) is 15.4. The van der Waals surface area contributed by atoms with Crippen molar-refractivity contribution < 1.29 is 9.23 Å². The Kier molecular flexibility index (Phi) is 8.17. The Morgan fingerprint density at radius 1 is 1.14 bits per heavy atom. The van der Waals surface area contributed by atoms with Gasteiger partial charge in [0.05, 0.1) is 5.52 Å². The summed E-state index contributed by atoms with van der Waals surface area (Å²) < 4.78 is 13.9. The molecule has 1 aromatic heterocycles. The Labute approximate surface area is 208 Å². The van der Waals surface area contributed by atoms with Crippen molar-refractivity contribution in [3.8, 4) is 0 Å². The van der Waals surface area contributed by atoms with E-state index in [1.807, 2.05) is 6.20 Å². The molecule has 1 fully saturated rings. The minimum absolute atomic E-state index is 0.205. The molecule has 5 heteroatoms. The van der Waals surface area contributed by atoms with Crippen LogP contribution in [-0.4, -0.2) is 17.9 Å². The number of nitrogens with one attached hydrogen (secondary N) is 1. The van der Waals surface area contributed by atoms with Crippen molar-refractivity contribution in [3.63, 3.8) is 0 Å². The first-order valence-corrected chi connectivity index (χ1v) is 12.7. The maximum Gasteiger partial charge on any atom is 0.149 e. The number of hydrogen-bond acceptors (Lipinski definition) is 3. The predicted octanol–water partition coefficient (Wildman–Crippen LogP) is 7.86. The molecule has 184 valence electrons. The van der Waals surface area contributed by atoms with Gasteiger partial charge in [0.1, 0.15) is 18.8 Å². The van der Waals surface area contributed by atoms with Gasteiger partial charge in [0.2, 0.25) is 0 Å². The number of hydrogen-bond donors (Lipinski definition) is 1. The van der Waals surface area contributed by atoms with Crippen LogP contribution in [0.5, 0.6) is 0 Å². The molecule has 0 radical (unpaired) electrons. The molecule has 35 heavy (non-hydrogen) atoms. The molecule has 0 amide bonds. The van der Waals surface area contributed by atoms with E-state index in [1.165, 1.54) is 22.8 Å². The Morgan fingerprint density at radius 2 is 1.89 bits per heavy atom. The Bertz CT molecular complexity index is 1180. The first-order valence-electron chi connectivity index (χ1n) is 12.7. The second kappa shape index (κ2) is 11.5. The second-order valence-electron chi connectivity index (χ2n) is 9.72. The van der Waals surface area contributed by atoms with Gasteiger partial charge in [0.25, 0.3) is 0 Å². The fourth-order valence-corrected chi connectivity index (χ4v) is 5.23. The lowest BCUT2D eigenvalue weighted by atomic mass is 9.73. The molecule has 1 N–H and O–H groups in total. The van der Waals surface area contributed by atoms with E-state index in [9.17, 15) is 4.39 Å². The number of pyridine rings is 1. The highest BCUT2D eigenvalue weighted by atomic mass is 19.1. The highest BCUT2D eigenvalue weighted by molar-refractivity contribution is 5.96. The molecular weight excluding hydrogens is 437 g/mol. The van der Waals surface area contributed by atoms with Gasteiger partial charge in [-0.25, -0.2) is 4.39 Å².